The molecule has 4 N–H and O–H groups in total. The highest BCUT2D eigenvalue weighted by atomic mass is 79.9. The van der Waals surface area contributed by atoms with Gasteiger partial charge in [-0.3, -0.25) is 10.9 Å². The first-order chi connectivity index (χ1) is 9.28. The lowest BCUT2D eigenvalue weighted by Crippen LogP contribution is -2.30. The van der Waals surface area contributed by atoms with Crippen molar-refractivity contribution in [3.05, 3.63) is 39.9 Å². The van der Waals surface area contributed by atoms with Gasteiger partial charge in [0, 0.05) is 10.9 Å². The fourth-order valence-electron chi connectivity index (χ4n) is 2.33. The maximum absolute atomic E-state index is 5.71. The molecule has 7 heteroatoms. The molecule has 1 aliphatic rings. The summed E-state index contributed by atoms with van der Waals surface area (Å²) in [5, 5.41) is 6.69. The van der Waals surface area contributed by atoms with E-state index >= 15 is 0 Å². The summed E-state index contributed by atoms with van der Waals surface area (Å²) in [6, 6.07) is 4.04. The van der Waals surface area contributed by atoms with Crippen LogP contribution in [0, 0.1) is 0 Å². The van der Waals surface area contributed by atoms with Crippen LogP contribution in [-0.4, -0.2) is 21.8 Å². The number of aromatic nitrogens is 3. The van der Waals surface area contributed by atoms with E-state index in [4.69, 9.17) is 10.6 Å². The Balaban J connectivity index is 1.90. The Labute approximate surface area is 118 Å². The van der Waals surface area contributed by atoms with Crippen LogP contribution in [0.3, 0.4) is 0 Å². The Kier molecular flexibility index (Phi) is 3.50. The average molecular weight is 324 g/mol. The van der Waals surface area contributed by atoms with E-state index in [0.29, 0.717) is 12.2 Å². The number of nitrogens with zero attached hydrogens (tertiary/aromatic N) is 2. The molecule has 2 heterocycles. The predicted octanol–water partition coefficient (Wildman–Crippen LogP) is 1.25. The van der Waals surface area contributed by atoms with Crippen LogP contribution in [0.5, 0.6) is 5.75 Å². The van der Waals surface area contributed by atoms with Gasteiger partial charge in [-0.25, -0.2) is 10.4 Å². The molecule has 0 saturated carbocycles. The molecule has 0 amide bonds. The molecule has 0 spiro atoms. The highest BCUT2D eigenvalue weighted by Gasteiger charge is 2.21. The summed E-state index contributed by atoms with van der Waals surface area (Å²) in [5.74, 6) is 7.30. The van der Waals surface area contributed by atoms with Crippen molar-refractivity contribution in [2.75, 3.05) is 6.61 Å². The molecule has 3 rings (SSSR count). The summed E-state index contributed by atoms with van der Waals surface area (Å²) in [4.78, 5) is 4.14. The van der Waals surface area contributed by atoms with Gasteiger partial charge in [-0.15, -0.1) is 0 Å². The number of hydrogen-bond donors (Lipinski definition) is 3. The van der Waals surface area contributed by atoms with E-state index in [1.165, 1.54) is 11.9 Å². The molecule has 0 bridgehead atoms. The number of aromatic amines is 1. The summed E-state index contributed by atoms with van der Waals surface area (Å²) in [7, 11) is 0. The lowest BCUT2D eigenvalue weighted by Gasteiger charge is -2.15. The van der Waals surface area contributed by atoms with Gasteiger partial charge in [0.05, 0.1) is 12.6 Å². The van der Waals surface area contributed by atoms with Crippen LogP contribution in [0.4, 0.5) is 0 Å². The lowest BCUT2D eigenvalue weighted by molar-refractivity contribution is 0.351. The first-order valence-electron chi connectivity index (χ1n) is 6.03. The van der Waals surface area contributed by atoms with Crippen LogP contribution in [0.25, 0.3) is 0 Å². The fourth-order valence-corrected chi connectivity index (χ4v) is 2.89. The monoisotopic (exact) mass is 323 g/mol. The normalized spacial score (nSPS) is 15.1. The van der Waals surface area contributed by atoms with E-state index in [0.717, 1.165) is 28.8 Å². The van der Waals surface area contributed by atoms with Crippen LogP contribution < -0.4 is 16.0 Å². The minimum absolute atomic E-state index is 0.120. The van der Waals surface area contributed by atoms with Gasteiger partial charge in [-0.2, -0.15) is 5.10 Å². The zero-order valence-electron chi connectivity index (χ0n) is 10.2. The molecule has 1 atom stereocenters. The third kappa shape index (κ3) is 2.49. The number of benzene rings is 1. The summed E-state index contributed by atoms with van der Waals surface area (Å²) in [5.41, 5.74) is 5.11. The minimum atomic E-state index is -0.120. The molecule has 1 aromatic carbocycles. The average Bonchev–Trinajstić information content (AvgIpc) is 3.05. The maximum Gasteiger partial charge on any atom is 0.143 e. The van der Waals surface area contributed by atoms with E-state index in [1.807, 2.05) is 0 Å². The molecular weight excluding hydrogens is 310 g/mol. The Morgan fingerprint density at radius 3 is 3.16 bits per heavy atom. The number of nitrogens with one attached hydrogen (secondary N) is 2. The second kappa shape index (κ2) is 5.28. The molecule has 0 saturated heterocycles. The Bertz CT molecular complexity index is 572. The van der Waals surface area contributed by atoms with Crippen LogP contribution in [-0.2, 0) is 12.8 Å². The van der Waals surface area contributed by atoms with E-state index in [9.17, 15) is 0 Å². The summed E-state index contributed by atoms with van der Waals surface area (Å²) in [6.45, 7) is 0.738. The Morgan fingerprint density at radius 2 is 2.42 bits per heavy atom. The standard InChI is InChI=1S/C12H14BrN5O/c13-9-3-7-1-2-19-11(7)8(4-9)5-10(17-14)12-15-6-16-18-12/h3-4,6,10,17H,1-2,5,14H2,(H,15,16,18). The molecule has 1 unspecified atom stereocenters. The van der Waals surface area contributed by atoms with Crippen LogP contribution in [0.1, 0.15) is 23.0 Å². The van der Waals surface area contributed by atoms with Crippen LogP contribution in [0.15, 0.2) is 22.9 Å². The van der Waals surface area contributed by atoms with Gasteiger partial charge in [0.15, 0.2) is 0 Å². The number of hydrazine groups is 1. The molecule has 19 heavy (non-hydrogen) atoms. The molecule has 1 aliphatic heterocycles. The summed E-state index contributed by atoms with van der Waals surface area (Å²) in [6.07, 6.45) is 3.11. The van der Waals surface area contributed by atoms with Crippen molar-refractivity contribution in [3.63, 3.8) is 0 Å². The number of nitrogens with two attached hydrogens (primary N) is 1. The van der Waals surface area contributed by atoms with Gasteiger partial charge in [0.1, 0.15) is 17.9 Å². The second-order valence-corrected chi connectivity index (χ2v) is 5.36. The molecule has 0 radical (unpaired) electrons. The second-order valence-electron chi connectivity index (χ2n) is 4.45. The number of ether oxygens (including phenoxy) is 1. The number of H-pyrrole nitrogens is 1. The van der Waals surface area contributed by atoms with Gasteiger partial charge in [-0.05, 0) is 29.7 Å². The van der Waals surface area contributed by atoms with Gasteiger partial charge >= 0.3 is 0 Å². The quantitative estimate of drug-likeness (QED) is 0.582. The van der Waals surface area contributed by atoms with Gasteiger partial charge in [-0.1, -0.05) is 15.9 Å². The predicted molar refractivity (Wildman–Crippen MR) is 73.5 cm³/mol. The highest BCUT2D eigenvalue weighted by Crippen LogP contribution is 2.34. The first kappa shape index (κ1) is 12.6. The molecule has 0 fully saturated rings. The molecule has 6 nitrogen and oxygen atoms in total. The molecular formula is C12H14BrN5O. The maximum atomic E-state index is 5.71. The third-order valence-corrected chi connectivity index (χ3v) is 3.67. The van der Waals surface area contributed by atoms with Crippen molar-refractivity contribution in [1.82, 2.24) is 20.6 Å². The van der Waals surface area contributed by atoms with Gasteiger partial charge in [0.2, 0.25) is 0 Å². The van der Waals surface area contributed by atoms with Crippen LogP contribution in [0.2, 0.25) is 0 Å². The van der Waals surface area contributed by atoms with Crippen molar-refractivity contribution < 1.29 is 4.74 Å². The van der Waals surface area contributed by atoms with Gasteiger partial charge in [0.25, 0.3) is 0 Å². The molecule has 1 aromatic heterocycles. The highest BCUT2D eigenvalue weighted by molar-refractivity contribution is 9.10. The van der Waals surface area contributed by atoms with E-state index < -0.39 is 0 Å². The first-order valence-corrected chi connectivity index (χ1v) is 6.82. The van der Waals surface area contributed by atoms with Crippen molar-refractivity contribution in [2.45, 2.75) is 18.9 Å². The fraction of sp³-hybridized carbons (Fsp3) is 0.333. The van der Waals surface area contributed by atoms with E-state index in [2.05, 4.69) is 48.7 Å². The van der Waals surface area contributed by atoms with Crippen molar-refractivity contribution in [2.24, 2.45) is 5.84 Å². The van der Waals surface area contributed by atoms with Crippen molar-refractivity contribution >= 4 is 15.9 Å². The third-order valence-electron chi connectivity index (χ3n) is 3.21. The molecule has 0 aliphatic carbocycles. The topological polar surface area (TPSA) is 88.8 Å². The minimum Gasteiger partial charge on any atom is -0.493 e. The Morgan fingerprint density at radius 1 is 1.53 bits per heavy atom. The van der Waals surface area contributed by atoms with Crippen molar-refractivity contribution in [3.8, 4) is 5.75 Å². The molecule has 2 aromatic rings. The number of hydrogen-bond acceptors (Lipinski definition) is 5. The zero-order chi connectivity index (χ0) is 13.2. The van der Waals surface area contributed by atoms with Crippen molar-refractivity contribution in [1.29, 1.82) is 0 Å². The SMILES string of the molecule is NNC(Cc1cc(Br)cc2c1OCC2)c1ncn[nH]1. The number of halogens is 1. The number of rotatable bonds is 4. The van der Waals surface area contributed by atoms with E-state index in [1.54, 1.807) is 0 Å². The van der Waals surface area contributed by atoms with E-state index in [-0.39, 0.29) is 6.04 Å². The Hall–Kier alpha value is -1.44. The zero-order valence-corrected chi connectivity index (χ0v) is 11.8. The smallest absolute Gasteiger partial charge is 0.143 e. The summed E-state index contributed by atoms with van der Waals surface area (Å²) < 4.78 is 6.77. The lowest BCUT2D eigenvalue weighted by atomic mass is 10.0. The molecule has 100 valence electrons. The van der Waals surface area contributed by atoms with Gasteiger partial charge < -0.3 is 4.74 Å². The van der Waals surface area contributed by atoms with Crippen LogP contribution >= 0.6 is 15.9 Å². The number of fused-ring (bicyclic) bond motifs is 1. The summed E-state index contributed by atoms with van der Waals surface area (Å²) >= 11 is 3.53. The largest absolute Gasteiger partial charge is 0.493 e.